The maximum Gasteiger partial charge on any atom is 0.231 e. The quantitative estimate of drug-likeness (QED) is 0.854. The molecule has 1 saturated heterocycles. The van der Waals surface area contributed by atoms with Crippen molar-refractivity contribution in [3.05, 3.63) is 29.3 Å². The first-order chi connectivity index (χ1) is 10.2. The number of hydrogen-bond acceptors (Lipinski definition) is 3. The summed E-state index contributed by atoms with van der Waals surface area (Å²) in [6.45, 7) is 4.85. The molecule has 122 valence electrons. The molecule has 0 bridgehead atoms. The SMILES string of the molecule is Cc1ccc(N(C)C(=O)[C@H]2CCCN(S(C)(=O)=O)C2)cc1C. The first-order valence-electron chi connectivity index (χ1n) is 7.50. The number of piperidine rings is 1. The number of hydrogen-bond donors (Lipinski definition) is 0. The van der Waals surface area contributed by atoms with Gasteiger partial charge < -0.3 is 4.90 Å². The van der Waals surface area contributed by atoms with E-state index in [0.717, 1.165) is 24.1 Å². The Morgan fingerprint density at radius 3 is 2.55 bits per heavy atom. The molecular weight excluding hydrogens is 300 g/mol. The molecule has 5 nitrogen and oxygen atoms in total. The minimum atomic E-state index is -3.23. The normalized spacial score (nSPS) is 19.9. The fraction of sp³-hybridized carbons (Fsp3) is 0.562. The van der Waals surface area contributed by atoms with Crippen LogP contribution in [0, 0.1) is 19.8 Å². The van der Waals surface area contributed by atoms with Crippen LogP contribution in [-0.2, 0) is 14.8 Å². The van der Waals surface area contributed by atoms with E-state index >= 15 is 0 Å². The smallest absolute Gasteiger partial charge is 0.231 e. The van der Waals surface area contributed by atoms with Crippen LogP contribution in [-0.4, -0.2) is 45.0 Å². The monoisotopic (exact) mass is 324 g/mol. The van der Waals surface area contributed by atoms with Crippen LogP contribution in [0.2, 0.25) is 0 Å². The summed E-state index contributed by atoms with van der Waals surface area (Å²) in [5.74, 6) is -0.285. The Morgan fingerprint density at radius 1 is 1.27 bits per heavy atom. The first kappa shape index (κ1) is 17.0. The lowest BCUT2D eigenvalue weighted by atomic mass is 9.98. The lowest BCUT2D eigenvalue weighted by Crippen LogP contribution is -2.45. The van der Waals surface area contributed by atoms with Gasteiger partial charge in [0.25, 0.3) is 0 Å². The van der Waals surface area contributed by atoms with Gasteiger partial charge in [0.1, 0.15) is 0 Å². The highest BCUT2D eigenvalue weighted by molar-refractivity contribution is 7.88. The van der Waals surface area contributed by atoms with Crippen LogP contribution < -0.4 is 4.90 Å². The third kappa shape index (κ3) is 3.67. The summed E-state index contributed by atoms with van der Waals surface area (Å²) in [5.41, 5.74) is 3.17. The van der Waals surface area contributed by atoms with Crippen LogP contribution in [0.15, 0.2) is 18.2 Å². The Labute approximate surface area is 133 Å². The average Bonchev–Trinajstić information content (AvgIpc) is 2.48. The summed E-state index contributed by atoms with van der Waals surface area (Å²) < 4.78 is 24.8. The lowest BCUT2D eigenvalue weighted by molar-refractivity contribution is -0.123. The van der Waals surface area contributed by atoms with E-state index in [1.165, 1.54) is 16.1 Å². The molecule has 1 aromatic rings. The molecule has 0 N–H and O–H groups in total. The number of aryl methyl sites for hydroxylation is 2. The van der Waals surface area contributed by atoms with Crippen molar-refractivity contribution in [2.24, 2.45) is 5.92 Å². The van der Waals surface area contributed by atoms with Gasteiger partial charge in [-0.1, -0.05) is 6.07 Å². The summed E-state index contributed by atoms with van der Waals surface area (Å²) in [7, 11) is -1.48. The largest absolute Gasteiger partial charge is 0.315 e. The second kappa shape index (κ2) is 6.38. The van der Waals surface area contributed by atoms with Crippen LogP contribution in [0.25, 0.3) is 0 Å². The third-order valence-corrected chi connectivity index (χ3v) is 5.68. The number of carbonyl (C=O) groups is 1. The molecule has 1 aliphatic heterocycles. The van der Waals surface area contributed by atoms with Crippen molar-refractivity contribution >= 4 is 21.6 Å². The van der Waals surface area contributed by atoms with Crippen molar-refractivity contribution in [2.45, 2.75) is 26.7 Å². The predicted octanol–water partition coefficient (Wildman–Crippen LogP) is 1.94. The van der Waals surface area contributed by atoms with Crippen molar-refractivity contribution in [3.8, 4) is 0 Å². The minimum absolute atomic E-state index is 0.0170. The highest BCUT2D eigenvalue weighted by Gasteiger charge is 2.32. The predicted molar refractivity (Wildman–Crippen MR) is 88.5 cm³/mol. The molecule has 0 radical (unpaired) electrons. The highest BCUT2D eigenvalue weighted by atomic mass is 32.2. The van der Waals surface area contributed by atoms with Crippen molar-refractivity contribution in [3.63, 3.8) is 0 Å². The zero-order valence-corrected chi connectivity index (χ0v) is 14.5. The van der Waals surface area contributed by atoms with Gasteiger partial charge in [-0.25, -0.2) is 12.7 Å². The molecule has 1 aromatic carbocycles. The number of rotatable bonds is 3. The van der Waals surface area contributed by atoms with E-state index in [1.54, 1.807) is 11.9 Å². The Bertz CT molecular complexity index is 670. The number of sulfonamides is 1. The van der Waals surface area contributed by atoms with E-state index in [1.807, 2.05) is 32.0 Å². The van der Waals surface area contributed by atoms with Gasteiger partial charge in [-0.15, -0.1) is 0 Å². The van der Waals surface area contributed by atoms with Gasteiger partial charge in [0.15, 0.2) is 0 Å². The number of anilines is 1. The van der Waals surface area contributed by atoms with Crippen LogP contribution in [0.5, 0.6) is 0 Å². The average molecular weight is 324 g/mol. The molecule has 1 heterocycles. The van der Waals surface area contributed by atoms with Gasteiger partial charge >= 0.3 is 0 Å². The molecule has 22 heavy (non-hydrogen) atoms. The summed E-state index contributed by atoms with van der Waals surface area (Å²) in [6.07, 6.45) is 2.66. The number of benzene rings is 1. The molecule has 0 saturated carbocycles. The maximum atomic E-state index is 12.7. The van der Waals surface area contributed by atoms with Crippen molar-refractivity contribution < 1.29 is 13.2 Å². The fourth-order valence-corrected chi connectivity index (χ4v) is 3.69. The molecule has 0 aliphatic carbocycles. The minimum Gasteiger partial charge on any atom is -0.315 e. The molecule has 6 heteroatoms. The van der Waals surface area contributed by atoms with Crippen LogP contribution in [0.3, 0.4) is 0 Å². The maximum absolute atomic E-state index is 12.7. The van der Waals surface area contributed by atoms with Crippen LogP contribution >= 0.6 is 0 Å². The first-order valence-corrected chi connectivity index (χ1v) is 9.35. The Hall–Kier alpha value is -1.40. The molecule has 1 fully saturated rings. The van der Waals surface area contributed by atoms with E-state index in [2.05, 4.69) is 0 Å². The van der Waals surface area contributed by atoms with Crippen molar-refractivity contribution in [1.82, 2.24) is 4.31 Å². The fourth-order valence-electron chi connectivity index (χ4n) is 2.78. The third-order valence-electron chi connectivity index (χ3n) is 4.41. The van der Waals surface area contributed by atoms with Crippen LogP contribution in [0.1, 0.15) is 24.0 Å². The Kier molecular flexibility index (Phi) is 4.92. The van der Waals surface area contributed by atoms with Crippen molar-refractivity contribution in [1.29, 1.82) is 0 Å². The standard InChI is InChI=1S/C16H24N2O3S/c1-12-7-8-15(10-13(12)2)17(3)16(19)14-6-5-9-18(11-14)22(4,20)21/h7-8,10,14H,5-6,9,11H2,1-4H3/t14-/m0/s1. The molecule has 1 amide bonds. The van der Waals surface area contributed by atoms with E-state index in [9.17, 15) is 13.2 Å². The van der Waals surface area contributed by atoms with Crippen LogP contribution in [0.4, 0.5) is 5.69 Å². The number of nitrogens with zero attached hydrogens (tertiary/aromatic N) is 2. The van der Waals surface area contributed by atoms with Crippen molar-refractivity contribution in [2.75, 3.05) is 31.3 Å². The Balaban J connectivity index is 2.14. The van der Waals surface area contributed by atoms with E-state index < -0.39 is 10.0 Å². The number of amides is 1. The topological polar surface area (TPSA) is 57.7 Å². The molecule has 1 aliphatic rings. The van der Waals surface area contributed by atoms with E-state index in [-0.39, 0.29) is 18.4 Å². The zero-order chi connectivity index (χ0) is 16.5. The van der Waals surface area contributed by atoms with E-state index in [0.29, 0.717) is 6.54 Å². The summed E-state index contributed by atoms with van der Waals surface area (Å²) in [5, 5.41) is 0. The number of carbonyl (C=O) groups excluding carboxylic acids is 1. The Morgan fingerprint density at radius 2 is 1.95 bits per heavy atom. The molecular formula is C16H24N2O3S. The molecule has 2 rings (SSSR count). The summed E-state index contributed by atoms with van der Waals surface area (Å²) >= 11 is 0. The van der Waals surface area contributed by atoms with Gasteiger partial charge in [-0.05, 0) is 49.9 Å². The second-order valence-corrected chi connectivity index (χ2v) is 8.11. The molecule has 1 atom stereocenters. The van der Waals surface area contributed by atoms with Gasteiger partial charge in [0.2, 0.25) is 15.9 Å². The van der Waals surface area contributed by atoms with E-state index in [4.69, 9.17) is 0 Å². The molecule has 0 spiro atoms. The molecule has 0 unspecified atom stereocenters. The summed E-state index contributed by atoms with van der Waals surface area (Å²) in [4.78, 5) is 14.3. The van der Waals surface area contributed by atoms with Gasteiger partial charge in [-0.3, -0.25) is 4.79 Å². The summed E-state index contributed by atoms with van der Waals surface area (Å²) in [6, 6.07) is 5.92. The van der Waals surface area contributed by atoms with Gasteiger partial charge in [0.05, 0.1) is 12.2 Å². The second-order valence-electron chi connectivity index (χ2n) is 6.13. The zero-order valence-electron chi connectivity index (χ0n) is 13.7. The molecule has 0 aromatic heterocycles. The van der Waals surface area contributed by atoms with Gasteiger partial charge in [0, 0.05) is 25.8 Å². The van der Waals surface area contributed by atoms with Gasteiger partial charge in [-0.2, -0.15) is 0 Å². The lowest BCUT2D eigenvalue weighted by Gasteiger charge is -2.32. The highest BCUT2D eigenvalue weighted by Crippen LogP contribution is 2.24.